The molecule has 1 aliphatic carbocycles. The number of ether oxygens (including phenoxy) is 1. The summed E-state index contributed by atoms with van der Waals surface area (Å²) >= 11 is 6.05. The van der Waals surface area contributed by atoms with Gasteiger partial charge in [0.05, 0.1) is 41.0 Å². The summed E-state index contributed by atoms with van der Waals surface area (Å²) in [6, 6.07) is 4.10. The quantitative estimate of drug-likeness (QED) is 0.538. The Kier molecular flexibility index (Phi) is 6.44. The van der Waals surface area contributed by atoms with E-state index in [0.29, 0.717) is 30.8 Å². The molecule has 0 spiro atoms. The molecule has 1 amide bonds. The minimum Gasteiger partial charge on any atom is -0.481 e. The van der Waals surface area contributed by atoms with Gasteiger partial charge in [0, 0.05) is 36.8 Å². The van der Waals surface area contributed by atoms with Crippen molar-refractivity contribution >= 4 is 40.4 Å². The molecule has 1 saturated carbocycles. The maximum atomic E-state index is 12.6. The van der Waals surface area contributed by atoms with Crippen molar-refractivity contribution < 1.29 is 19.4 Å². The summed E-state index contributed by atoms with van der Waals surface area (Å²) in [7, 11) is 1.40. The number of carboxylic acids is 1. The predicted molar refractivity (Wildman–Crippen MR) is 132 cm³/mol. The van der Waals surface area contributed by atoms with Crippen molar-refractivity contribution in [1.82, 2.24) is 19.3 Å². The number of rotatable bonds is 5. The Morgan fingerprint density at radius 1 is 1.26 bits per heavy atom. The highest BCUT2D eigenvalue weighted by Gasteiger charge is 2.34. The lowest BCUT2D eigenvalue weighted by molar-refractivity contribution is -0.143. The van der Waals surface area contributed by atoms with Crippen molar-refractivity contribution in [2.24, 2.45) is 5.92 Å². The van der Waals surface area contributed by atoms with E-state index in [1.807, 2.05) is 19.1 Å². The van der Waals surface area contributed by atoms with Crippen molar-refractivity contribution in [2.45, 2.75) is 70.5 Å². The number of hydrogen-bond donors (Lipinski definition) is 1. The first kappa shape index (κ1) is 23.7. The van der Waals surface area contributed by atoms with Crippen LogP contribution in [0.4, 0.5) is 10.5 Å². The summed E-state index contributed by atoms with van der Waals surface area (Å²) in [4.78, 5) is 31.2. The third-order valence-electron chi connectivity index (χ3n) is 7.43. The predicted octanol–water partition coefficient (Wildman–Crippen LogP) is 4.85. The molecular weight excluding hydrogens is 470 g/mol. The molecule has 1 aromatic carbocycles. The molecule has 10 heteroatoms. The number of benzene rings is 1. The van der Waals surface area contributed by atoms with E-state index in [9.17, 15) is 14.7 Å². The van der Waals surface area contributed by atoms with Gasteiger partial charge in [-0.2, -0.15) is 5.10 Å². The van der Waals surface area contributed by atoms with E-state index in [0.717, 1.165) is 53.8 Å². The maximum Gasteiger partial charge on any atom is 0.414 e. The summed E-state index contributed by atoms with van der Waals surface area (Å²) in [6.07, 6.45) is 8.37. The third kappa shape index (κ3) is 4.37. The molecule has 3 aromatic rings. The van der Waals surface area contributed by atoms with Crippen LogP contribution in [0.2, 0.25) is 5.02 Å². The molecule has 2 aromatic heterocycles. The smallest absolute Gasteiger partial charge is 0.414 e. The molecule has 5 rings (SSSR count). The van der Waals surface area contributed by atoms with Crippen LogP contribution in [0.5, 0.6) is 0 Å². The van der Waals surface area contributed by atoms with Crippen LogP contribution in [0.3, 0.4) is 0 Å². The Morgan fingerprint density at radius 2 is 2.09 bits per heavy atom. The molecule has 35 heavy (non-hydrogen) atoms. The van der Waals surface area contributed by atoms with Gasteiger partial charge in [0.15, 0.2) is 0 Å². The van der Waals surface area contributed by atoms with E-state index in [4.69, 9.17) is 21.3 Å². The lowest BCUT2D eigenvalue weighted by Crippen LogP contribution is -2.42. The molecule has 0 radical (unpaired) electrons. The molecule has 1 N–H and O–H groups in total. The van der Waals surface area contributed by atoms with Gasteiger partial charge in [0.25, 0.3) is 0 Å². The number of carboxylic acid groups (broad SMARTS) is 1. The number of amides is 1. The average Bonchev–Trinajstić information content (AvgIpc) is 3.44. The SMILES string of the molecule is COC(=O)N1c2ccc3c(nc(CCn4cc(Cl)cn4)n3[C@@H]3CCC[C@@H](C(=O)O)C3)c2CC[C@@H]1C. The van der Waals surface area contributed by atoms with Gasteiger partial charge in [-0.1, -0.05) is 18.0 Å². The molecule has 1 fully saturated rings. The molecule has 2 aliphatic rings. The topological polar surface area (TPSA) is 102 Å². The summed E-state index contributed by atoms with van der Waals surface area (Å²) in [5, 5.41) is 14.6. The number of aryl methyl sites for hydroxylation is 3. The molecule has 0 unspecified atom stereocenters. The Morgan fingerprint density at radius 3 is 2.80 bits per heavy atom. The van der Waals surface area contributed by atoms with Gasteiger partial charge in [-0.05, 0) is 51.2 Å². The standard InChI is InChI=1S/C25H30ClN5O4/c1-15-6-7-19-20(30(15)25(34)35-2)8-9-21-23(19)28-22(10-11-29-14-17(26)13-27-29)31(21)18-5-3-4-16(12-18)24(32)33/h8-9,13-16,18H,3-7,10-12H2,1-2H3,(H,32,33)/t15-,16+,18+/m0/s1. The third-order valence-corrected chi connectivity index (χ3v) is 7.62. The van der Waals surface area contributed by atoms with Crippen LogP contribution in [-0.2, 0) is 28.9 Å². The minimum absolute atomic E-state index is 0.0354. The van der Waals surface area contributed by atoms with Crippen LogP contribution in [0.25, 0.3) is 11.0 Å². The van der Waals surface area contributed by atoms with Gasteiger partial charge < -0.3 is 14.4 Å². The molecule has 9 nitrogen and oxygen atoms in total. The summed E-state index contributed by atoms with van der Waals surface area (Å²) in [5.41, 5.74) is 3.76. The second-order valence-electron chi connectivity index (χ2n) is 9.58. The fourth-order valence-electron chi connectivity index (χ4n) is 5.70. The Balaban J connectivity index is 1.60. The first-order chi connectivity index (χ1) is 16.9. The van der Waals surface area contributed by atoms with Crippen molar-refractivity contribution in [3.05, 3.63) is 40.9 Å². The normalized spacial score (nSPS) is 22.3. The number of aromatic nitrogens is 4. The zero-order valence-electron chi connectivity index (χ0n) is 20.0. The Hall–Kier alpha value is -3.07. The van der Waals surface area contributed by atoms with Crippen LogP contribution in [0.15, 0.2) is 24.5 Å². The highest BCUT2D eigenvalue weighted by molar-refractivity contribution is 6.30. The number of fused-ring (bicyclic) bond motifs is 3. The largest absolute Gasteiger partial charge is 0.481 e. The fourth-order valence-corrected chi connectivity index (χ4v) is 5.86. The number of nitrogens with zero attached hydrogens (tertiary/aromatic N) is 5. The number of anilines is 1. The van der Waals surface area contributed by atoms with Gasteiger partial charge in [-0.15, -0.1) is 0 Å². The van der Waals surface area contributed by atoms with Crippen molar-refractivity contribution in [3.63, 3.8) is 0 Å². The number of carbonyl (C=O) groups excluding carboxylic acids is 1. The molecule has 0 bridgehead atoms. The van der Waals surface area contributed by atoms with E-state index < -0.39 is 5.97 Å². The summed E-state index contributed by atoms with van der Waals surface area (Å²) in [6.45, 7) is 2.63. The number of methoxy groups -OCH3 is 1. The van der Waals surface area contributed by atoms with Crippen LogP contribution in [0.1, 0.15) is 56.5 Å². The van der Waals surface area contributed by atoms with Crippen LogP contribution >= 0.6 is 11.6 Å². The van der Waals surface area contributed by atoms with Gasteiger partial charge in [-0.3, -0.25) is 14.4 Å². The number of aliphatic carboxylic acids is 1. The second-order valence-corrected chi connectivity index (χ2v) is 10.0. The molecule has 3 heterocycles. The Labute approximate surface area is 208 Å². The number of hydrogen-bond acceptors (Lipinski definition) is 5. The summed E-state index contributed by atoms with van der Waals surface area (Å²) < 4.78 is 9.10. The van der Waals surface area contributed by atoms with Gasteiger partial charge in [0.2, 0.25) is 0 Å². The van der Waals surface area contributed by atoms with Crippen LogP contribution < -0.4 is 4.90 Å². The maximum absolute atomic E-state index is 12.6. The van der Waals surface area contributed by atoms with E-state index in [1.54, 1.807) is 22.0 Å². The van der Waals surface area contributed by atoms with E-state index in [2.05, 4.69) is 9.67 Å². The van der Waals surface area contributed by atoms with Crippen molar-refractivity contribution in [2.75, 3.05) is 12.0 Å². The first-order valence-electron chi connectivity index (χ1n) is 12.2. The number of imidazole rings is 1. The van der Waals surface area contributed by atoms with Crippen molar-refractivity contribution in [1.29, 1.82) is 0 Å². The first-order valence-corrected chi connectivity index (χ1v) is 12.6. The van der Waals surface area contributed by atoms with Crippen LogP contribution in [0, 0.1) is 5.92 Å². The molecule has 1 aliphatic heterocycles. The number of halogens is 1. The van der Waals surface area contributed by atoms with Gasteiger partial charge in [0.1, 0.15) is 5.82 Å². The van der Waals surface area contributed by atoms with E-state index in [1.165, 1.54) is 7.11 Å². The Bertz CT molecular complexity index is 1270. The highest BCUT2D eigenvalue weighted by Crippen LogP contribution is 2.40. The van der Waals surface area contributed by atoms with E-state index >= 15 is 0 Å². The zero-order chi connectivity index (χ0) is 24.7. The van der Waals surface area contributed by atoms with E-state index in [-0.39, 0.29) is 24.1 Å². The molecular formula is C25H30ClN5O4. The summed E-state index contributed by atoms with van der Waals surface area (Å²) in [5.74, 6) is -0.177. The zero-order valence-corrected chi connectivity index (χ0v) is 20.7. The fraction of sp³-hybridized carbons (Fsp3) is 0.520. The molecule has 0 saturated heterocycles. The minimum atomic E-state index is -0.730. The van der Waals surface area contributed by atoms with Crippen LogP contribution in [-0.4, -0.2) is 49.7 Å². The highest BCUT2D eigenvalue weighted by atomic mass is 35.5. The average molecular weight is 500 g/mol. The lowest BCUT2D eigenvalue weighted by Gasteiger charge is -2.34. The number of carbonyl (C=O) groups is 2. The monoisotopic (exact) mass is 499 g/mol. The van der Waals surface area contributed by atoms with Gasteiger partial charge in [-0.25, -0.2) is 9.78 Å². The van der Waals surface area contributed by atoms with Gasteiger partial charge >= 0.3 is 12.1 Å². The molecule has 186 valence electrons. The van der Waals surface area contributed by atoms with Crippen molar-refractivity contribution in [3.8, 4) is 0 Å². The molecule has 3 atom stereocenters. The lowest BCUT2D eigenvalue weighted by atomic mass is 9.85. The second kappa shape index (κ2) is 9.53.